The van der Waals surface area contributed by atoms with Gasteiger partial charge in [0, 0.05) is 6.07 Å². The summed E-state index contributed by atoms with van der Waals surface area (Å²) in [7, 11) is 0. The van der Waals surface area contributed by atoms with Gasteiger partial charge < -0.3 is 15.6 Å². The van der Waals surface area contributed by atoms with Crippen LogP contribution >= 0.6 is 0 Å². The number of nitrogen functional groups attached to an aromatic ring is 1. The second kappa shape index (κ2) is 4.06. The minimum absolute atomic E-state index is 0.254. The summed E-state index contributed by atoms with van der Waals surface area (Å²) in [5, 5.41) is 9.65. The normalized spacial score (nSPS) is 13.7. The van der Waals surface area contributed by atoms with Gasteiger partial charge in [-0.3, -0.25) is 0 Å². The monoisotopic (exact) mass is 213 g/mol. The first-order chi connectivity index (χ1) is 6.80. The van der Waals surface area contributed by atoms with Gasteiger partial charge >= 0.3 is 0 Å². The maximum absolute atomic E-state index is 12.9. The Kier molecular flexibility index (Phi) is 3.19. The van der Waals surface area contributed by atoms with Crippen molar-refractivity contribution in [2.24, 2.45) is 0 Å². The average Bonchev–Trinajstić information content (AvgIpc) is 2.09. The van der Waals surface area contributed by atoms with Crippen molar-refractivity contribution < 1.29 is 14.2 Å². The van der Waals surface area contributed by atoms with Crippen LogP contribution in [0.25, 0.3) is 0 Å². The molecule has 0 aromatic heterocycles. The van der Waals surface area contributed by atoms with Crippen molar-refractivity contribution in [1.82, 2.24) is 0 Å². The molecule has 3 N–H and O–H groups in total. The largest absolute Gasteiger partial charge is 0.485 e. The average molecular weight is 213 g/mol. The fourth-order valence-electron chi connectivity index (χ4n) is 0.945. The fourth-order valence-corrected chi connectivity index (χ4v) is 0.945. The van der Waals surface area contributed by atoms with Crippen LogP contribution in [-0.2, 0) is 0 Å². The Morgan fingerprint density at radius 2 is 2.07 bits per heavy atom. The lowest BCUT2D eigenvalue weighted by molar-refractivity contribution is -0.0239. The fraction of sp³-hybridized carbons (Fsp3) is 0.455. The minimum atomic E-state index is -1.00. The molecule has 0 bridgehead atoms. The Morgan fingerprint density at radius 3 is 2.60 bits per heavy atom. The van der Waals surface area contributed by atoms with E-state index in [-0.39, 0.29) is 5.75 Å². The van der Waals surface area contributed by atoms with Gasteiger partial charge in [0.2, 0.25) is 0 Å². The summed E-state index contributed by atoms with van der Waals surface area (Å²) in [6, 6.07) is 3.90. The SMILES string of the molecule is CC(Oc1cc(F)ccc1N)C(C)(C)O. The van der Waals surface area contributed by atoms with Gasteiger partial charge in [0.05, 0.1) is 11.3 Å². The minimum Gasteiger partial charge on any atom is -0.485 e. The van der Waals surface area contributed by atoms with Crippen LogP contribution in [0.3, 0.4) is 0 Å². The van der Waals surface area contributed by atoms with Crippen LogP contribution in [-0.4, -0.2) is 16.8 Å². The van der Waals surface area contributed by atoms with Gasteiger partial charge in [-0.25, -0.2) is 4.39 Å². The van der Waals surface area contributed by atoms with Crippen LogP contribution in [0.2, 0.25) is 0 Å². The summed E-state index contributed by atoms with van der Waals surface area (Å²) in [6.45, 7) is 4.94. The third kappa shape index (κ3) is 3.09. The van der Waals surface area contributed by atoms with E-state index < -0.39 is 17.5 Å². The van der Waals surface area contributed by atoms with Crippen LogP contribution in [0.4, 0.5) is 10.1 Å². The number of anilines is 1. The Hall–Kier alpha value is -1.29. The van der Waals surface area contributed by atoms with E-state index in [0.717, 1.165) is 0 Å². The van der Waals surface area contributed by atoms with E-state index in [2.05, 4.69) is 0 Å². The number of nitrogens with two attached hydrogens (primary N) is 1. The van der Waals surface area contributed by atoms with E-state index in [1.54, 1.807) is 20.8 Å². The van der Waals surface area contributed by atoms with Crippen molar-refractivity contribution in [2.75, 3.05) is 5.73 Å². The molecule has 4 heteroatoms. The number of hydrogen-bond donors (Lipinski definition) is 2. The van der Waals surface area contributed by atoms with E-state index in [0.29, 0.717) is 5.69 Å². The van der Waals surface area contributed by atoms with E-state index >= 15 is 0 Å². The third-order valence-corrected chi connectivity index (χ3v) is 2.27. The van der Waals surface area contributed by atoms with Gasteiger partial charge in [0.25, 0.3) is 0 Å². The van der Waals surface area contributed by atoms with Crippen molar-refractivity contribution in [3.05, 3.63) is 24.0 Å². The molecule has 0 aliphatic heterocycles. The summed E-state index contributed by atoms with van der Waals surface area (Å²) >= 11 is 0. The smallest absolute Gasteiger partial charge is 0.145 e. The zero-order chi connectivity index (χ0) is 11.6. The summed E-state index contributed by atoms with van der Waals surface area (Å²) in [5.41, 5.74) is 4.96. The molecule has 1 unspecified atom stereocenters. The quantitative estimate of drug-likeness (QED) is 0.754. The zero-order valence-electron chi connectivity index (χ0n) is 9.12. The van der Waals surface area contributed by atoms with Crippen molar-refractivity contribution >= 4 is 5.69 Å². The number of rotatable bonds is 3. The number of halogens is 1. The molecule has 0 aliphatic carbocycles. The molecule has 15 heavy (non-hydrogen) atoms. The highest BCUT2D eigenvalue weighted by Gasteiger charge is 2.24. The van der Waals surface area contributed by atoms with Crippen molar-refractivity contribution in [3.63, 3.8) is 0 Å². The van der Waals surface area contributed by atoms with E-state index in [9.17, 15) is 9.50 Å². The van der Waals surface area contributed by atoms with Gasteiger partial charge in [-0.15, -0.1) is 0 Å². The molecule has 1 atom stereocenters. The highest BCUT2D eigenvalue weighted by Crippen LogP contribution is 2.25. The number of ether oxygens (including phenoxy) is 1. The molecule has 0 aliphatic rings. The summed E-state index contributed by atoms with van der Waals surface area (Å²) < 4.78 is 18.3. The second-order valence-electron chi connectivity index (χ2n) is 4.10. The predicted molar refractivity (Wildman–Crippen MR) is 57.2 cm³/mol. The van der Waals surface area contributed by atoms with Gasteiger partial charge in [-0.1, -0.05) is 0 Å². The van der Waals surface area contributed by atoms with Crippen molar-refractivity contribution in [1.29, 1.82) is 0 Å². The first-order valence-corrected chi connectivity index (χ1v) is 4.75. The van der Waals surface area contributed by atoms with E-state index in [1.165, 1.54) is 18.2 Å². The Morgan fingerprint density at radius 1 is 1.47 bits per heavy atom. The molecule has 1 aromatic carbocycles. The second-order valence-corrected chi connectivity index (χ2v) is 4.10. The van der Waals surface area contributed by atoms with Crippen molar-refractivity contribution in [2.45, 2.75) is 32.5 Å². The lowest BCUT2D eigenvalue weighted by Gasteiger charge is -2.27. The van der Waals surface area contributed by atoms with E-state index in [1.807, 2.05) is 0 Å². The molecular formula is C11H16FNO2. The predicted octanol–water partition coefficient (Wildman–Crippen LogP) is 1.95. The topological polar surface area (TPSA) is 55.5 Å². The Bertz CT molecular complexity index is 347. The maximum Gasteiger partial charge on any atom is 0.145 e. The molecule has 1 rings (SSSR count). The molecule has 0 spiro atoms. The highest BCUT2D eigenvalue weighted by molar-refractivity contribution is 5.52. The Labute approximate surface area is 88.7 Å². The van der Waals surface area contributed by atoms with Crippen LogP contribution in [0, 0.1) is 5.82 Å². The van der Waals surface area contributed by atoms with Gasteiger partial charge in [0.1, 0.15) is 17.7 Å². The molecule has 0 heterocycles. The van der Waals surface area contributed by atoms with Crippen LogP contribution < -0.4 is 10.5 Å². The van der Waals surface area contributed by atoms with Gasteiger partial charge in [-0.05, 0) is 32.9 Å². The molecule has 84 valence electrons. The number of hydrogen-bond acceptors (Lipinski definition) is 3. The summed E-state index contributed by atoms with van der Waals surface area (Å²) in [5.74, 6) is -0.160. The molecular weight excluding hydrogens is 197 g/mol. The van der Waals surface area contributed by atoms with Crippen molar-refractivity contribution in [3.8, 4) is 5.75 Å². The van der Waals surface area contributed by atoms with Crippen LogP contribution in [0.5, 0.6) is 5.75 Å². The van der Waals surface area contributed by atoms with Crippen LogP contribution in [0.1, 0.15) is 20.8 Å². The standard InChI is InChI=1S/C11H16FNO2/c1-7(11(2,3)14)15-10-6-8(12)4-5-9(10)13/h4-7,14H,13H2,1-3H3. The summed E-state index contributed by atoms with van der Waals surface area (Å²) in [4.78, 5) is 0. The lowest BCUT2D eigenvalue weighted by atomic mass is 10.0. The number of benzene rings is 1. The Balaban J connectivity index is 2.85. The maximum atomic E-state index is 12.9. The zero-order valence-corrected chi connectivity index (χ0v) is 9.12. The molecule has 1 aromatic rings. The molecule has 3 nitrogen and oxygen atoms in total. The highest BCUT2D eigenvalue weighted by atomic mass is 19.1. The first kappa shape index (κ1) is 11.8. The molecule has 0 radical (unpaired) electrons. The van der Waals surface area contributed by atoms with Crippen LogP contribution in [0.15, 0.2) is 18.2 Å². The van der Waals surface area contributed by atoms with Gasteiger partial charge in [-0.2, -0.15) is 0 Å². The molecule has 0 fully saturated rings. The molecule has 0 amide bonds. The number of aliphatic hydroxyl groups is 1. The lowest BCUT2D eigenvalue weighted by Crippen LogP contribution is -2.38. The molecule has 0 saturated carbocycles. The van der Waals surface area contributed by atoms with Gasteiger partial charge in [0.15, 0.2) is 0 Å². The third-order valence-electron chi connectivity index (χ3n) is 2.27. The summed E-state index contributed by atoms with van der Waals surface area (Å²) in [6.07, 6.45) is -0.471. The van der Waals surface area contributed by atoms with E-state index in [4.69, 9.17) is 10.5 Å². The molecule has 0 saturated heterocycles. The first-order valence-electron chi connectivity index (χ1n) is 4.75.